The number of furan rings is 1. The predicted molar refractivity (Wildman–Crippen MR) is 78.2 cm³/mol. The molecule has 22 heavy (non-hydrogen) atoms. The summed E-state index contributed by atoms with van der Waals surface area (Å²) in [6.45, 7) is 0.0454. The number of benzene rings is 1. The van der Waals surface area contributed by atoms with Gasteiger partial charge in [-0.05, 0) is 24.6 Å². The molecule has 0 saturated carbocycles. The number of nitrogens with zero attached hydrogens (tertiary/aromatic N) is 1. The minimum atomic E-state index is -2.62. The molecule has 0 spiro atoms. The van der Waals surface area contributed by atoms with Crippen molar-refractivity contribution < 1.29 is 26.7 Å². The van der Waals surface area contributed by atoms with Gasteiger partial charge in [0.1, 0.15) is 11.3 Å². The lowest BCUT2D eigenvalue weighted by Gasteiger charge is -2.14. The fourth-order valence-electron chi connectivity index (χ4n) is 2.77. The van der Waals surface area contributed by atoms with E-state index < -0.39 is 28.4 Å². The summed E-state index contributed by atoms with van der Waals surface area (Å²) < 4.78 is 29.4. The molecule has 6 nitrogen and oxygen atoms in total. The number of hydrogen-bond acceptors (Lipinski definition) is 4. The average Bonchev–Trinajstić information content (AvgIpc) is 2.77. The quantitative estimate of drug-likeness (QED) is 0.675. The molecule has 7 heteroatoms. The van der Waals surface area contributed by atoms with Gasteiger partial charge in [-0.25, -0.2) is 4.79 Å². The monoisotopic (exact) mass is 320 g/mol. The van der Waals surface area contributed by atoms with Crippen LogP contribution in [-0.4, -0.2) is 36.0 Å². The van der Waals surface area contributed by atoms with Crippen molar-refractivity contribution in [3.05, 3.63) is 48.2 Å². The van der Waals surface area contributed by atoms with E-state index >= 15 is 0 Å². The van der Waals surface area contributed by atoms with Crippen molar-refractivity contribution in [2.24, 2.45) is 0 Å². The van der Waals surface area contributed by atoms with Crippen molar-refractivity contribution in [1.29, 1.82) is 0 Å². The van der Waals surface area contributed by atoms with Gasteiger partial charge in [-0.1, -0.05) is 28.2 Å². The highest BCUT2D eigenvalue weighted by atomic mass is 32.2. The molecule has 0 aliphatic carbocycles. The van der Waals surface area contributed by atoms with Crippen molar-refractivity contribution in [2.75, 3.05) is 6.54 Å². The first-order valence-corrected chi connectivity index (χ1v) is 7.83. The van der Waals surface area contributed by atoms with E-state index in [-0.39, 0.29) is 6.54 Å². The Morgan fingerprint density at radius 2 is 2.05 bits per heavy atom. The van der Waals surface area contributed by atoms with E-state index in [0.717, 1.165) is 9.33 Å². The molecule has 0 saturated heterocycles. The molecule has 0 fully saturated rings. The van der Waals surface area contributed by atoms with Crippen molar-refractivity contribution in [3.63, 3.8) is 0 Å². The molecule has 0 amide bonds. The second-order valence-corrected chi connectivity index (χ2v) is 6.00. The van der Waals surface area contributed by atoms with Crippen LogP contribution in [-0.2, 0) is 15.3 Å². The van der Waals surface area contributed by atoms with E-state index in [2.05, 4.69) is 0 Å². The summed E-state index contributed by atoms with van der Waals surface area (Å²) in [6.07, 6.45) is 3.86. The van der Waals surface area contributed by atoms with Gasteiger partial charge in [-0.15, -0.1) is 8.42 Å². The molecule has 1 aliphatic heterocycles. The van der Waals surface area contributed by atoms with Crippen LogP contribution in [0.15, 0.2) is 46.9 Å². The summed E-state index contributed by atoms with van der Waals surface area (Å²) in [5, 5.41) is 10.4. The molecule has 2 atom stereocenters. The molecule has 0 radical (unpaired) electrons. The third-order valence-electron chi connectivity index (χ3n) is 3.79. The molecule has 0 bridgehead atoms. The highest BCUT2D eigenvalue weighted by Gasteiger charge is 2.42. The maximum absolute atomic E-state index is 11.6. The van der Waals surface area contributed by atoms with Crippen LogP contribution in [0.5, 0.6) is 0 Å². The Morgan fingerprint density at radius 3 is 2.73 bits per heavy atom. The standard InChI is InChI=1S/C15H13NO5S/c17-15(18)14-11(6-3-4-8-16(14)22(19)20)13-9-10-5-1-2-7-12(10)21-13/h1-5,7,9,11,14H,6,8H2/p+1. The number of fused-ring (bicyclic) bond motifs is 1. The Hall–Kier alpha value is -2.41. The number of hydrogen-bond donors (Lipinski definition) is 1. The highest BCUT2D eigenvalue weighted by Crippen LogP contribution is 2.32. The predicted octanol–water partition coefficient (Wildman–Crippen LogP) is 2.00. The molecule has 2 heterocycles. The van der Waals surface area contributed by atoms with Crippen LogP contribution in [0.4, 0.5) is 0 Å². The van der Waals surface area contributed by atoms with Crippen molar-refractivity contribution >= 4 is 27.4 Å². The number of rotatable bonds is 2. The van der Waals surface area contributed by atoms with Crippen molar-refractivity contribution in [2.45, 2.75) is 18.4 Å². The zero-order valence-corrected chi connectivity index (χ0v) is 12.4. The van der Waals surface area contributed by atoms with E-state index in [9.17, 15) is 18.3 Å². The first-order valence-electron chi connectivity index (χ1n) is 6.80. The summed E-state index contributed by atoms with van der Waals surface area (Å²) in [5.41, 5.74) is 0.657. The Labute approximate surface area is 128 Å². The van der Waals surface area contributed by atoms with Crippen LogP contribution in [0.2, 0.25) is 0 Å². The molecule has 1 aliphatic rings. The van der Waals surface area contributed by atoms with Gasteiger partial charge in [-0.2, -0.15) is 0 Å². The van der Waals surface area contributed by atoms with Crippen LogP contribution >= 0.6 is 0 Å². The number of carboxylic acid groups (broad SMARTS) is 1. The summed E-state index contributed by atoms with van der Waals surface area (Å²) in [7, 11) is -2.62. The highest BCUT2D eigenvalue weighted by molar-refractivity contribution is 7.58. The lowest BCUT2D eigenvalue weighted by molar-refractivity contribution is -0.525. The number of carboxylic acids is 1. The second kappa shape index (κ2) is 5.76. The molecular formula is C15H14NO5S+. The van der Waals surface area contributed by atoms with E-state index in [1.165, 1.54) is 0 Å². The van der Waals surface area contributed by atoms with Gasteiger partial charge < -0.3 is 9.52 Å². The first kappa shape index (κ1) is 14.5. The number of aliphatic carboxylic acids is 1. The second-order valence-electron chi connectivity index (χ2n) is 5.10. The molecule has 1 N–H and O–H groups in total. The molecule has 1 aromatic heterocycles. The third-order valence-corrected chi connectivity index (χ3v) is 4.55. The minimum Gasteiger partial charge on any atom is -0.476 e. The van der Waals surface area contributed by atoms with Crippen LogP contribution in [0.25, 0.3) is 11.0 Å². The van der Waals surface area contributed by atoms with E-state index in [0.29, 0.717) is 17.8 Å². The summed E-state index contributed by atoms with van der Waals surface area (Å²) in [5.74, 6) is -1.27. The molecule has 1 aromatic carbocycles. The lowest BCUT2D eigenvalue weighted by Crippen LogP contribution is -2.38. The molecule has 2 unspecified atom stereocenters. The molecule has 3 rings (SSSR count). The van der Waals surface area contributed by atoms with Crippen LogP contribution in [0.3, 0.4) is 0 Å². The van der Waals surface area contributed by atoms with Gasteiger partial charge in [0.05, 0.1) is 5.92 Å². The smallest absolute Gasteiger partial charge is 0.459 e. The van der Waals surface area contributed by atoms with Crippen LogP contribution < -0.4 is 0 Å². The van der Waals surface area contributed by atoms with Crippen LogP contribution in [0.1, 0.15) is 18.1 Å². The maximum atomic E-state index is 11.6. The zero-order valence-electron chi connectivity index (χ0n) is 11.5. The number of allylic oxidation sites excluding steroid dienone is 1. The molecule has 2 aromatic rings. The van der Waals surface area contributed by atoms with Crippen molar-refractivity contribution in [1.82, 2.24) is 0 Å². The number of para-hydroxylation sites is 1. The zero-order chi connectivity index (χ0) is 15.7. The maximum Gasteiger partial charge on any atom is 0.459 e. The lowest BCUT2D eigenvalue weighted by atomic mass is 9.94. The average molecular weight is 320 g/mol. The summed E-state index contributed by atoms with van der Waals surface area (Å²) in [4.78, 5) is 11.6. The van der Waals surface area contributed by atoms with Crippen molar-refractivity contribution in [3.8, 4) is 0 Å². The molecule has 114 valence electrons. The summed E-state index contributed by atoms with van der Waals surface area (Å²) >= 11 is 0. The normalized spacial score (nSPS) is 21.7. The van der Waals surface area contributed by atoms with Gasteiger partial charge >= 0.3 is 16.5 Å². The Bertz CT molecular complexity index is 853. The Morgan fingerprint density at radius 1 is 1.27 bits per heavy atom. The third kappa shape index (κ3) is 2.55. The fourth-order valence-corrected chi connectivity index (χ4v) is 3.40. The van der Waals surface area contributed by atoms with Gasteiger partial charge in [-0.3, -0.25) is 0 Å². The van der Waals surface area contributed by atoms with Gasteiger partial charge in [0.2, 0.25) is 0 Å². The molecular weight excluding hydrogens is 306 g/mol. The SMILES string of the molecule is O=C(O)C1C(c2cc3ccccc3o2)CC=CC[N+]1=S(=O)=O. The van der Waals surface area contributed by atoms with Gasteiger partial charge in [0, 0.05) is 5.39 Å². The minimum absolute atomic E-state index is 0.0454. The first-order chi connectivity index (χ1) is 10.6. The van der Waals surface area contributed by atoms with Crippen LogP contribution in [0, 0.1) is 0 Å². The van der Waals surface area contributed by atoms with Gasteiger partial charge in [0.15, 0.2) is 6.54 Å². The summed E-state index contributed by atoms with van der Waals surface area (Å²) in [6, 6.07) is 7.95. The number of carbonyl (C=O) groups is 1. The Kier molecular flexibility index (Phi) is 3.81. The topological polar surface area (TPSA) is 87.6 Å². The van der Waals surface area contributed by atoms with E-state index in [1.807, 2.05) is 18.2 Å². The Balaban J connectivity index is 2.15. The largest absolute Gasteiger partial charge is 0.476 e. The van der Waals surface area contributed by atoms with E-state index in [1.54, 1.807) is 24.3 Å². The fraction of sp³-hybridized carbons (Fsp3) is 0.267. The van der Waals surface area contributed by atoms with Gasteiger partial charge in [0.25, 0.3) is 6.04 Å². The van der Waals surface area contributed by atoms with E-state index in [4.69, 9.17) is 4.42 Å².